The van der Waals surface area contributed by atoms with Crippen molar-refractivity contribution in [3.8, 4) is 17.2 Å². The zero-order chi connectivity index (χ0) is 34.4. The monoisotopic (exact) mass is 663 g/mol. The van der Waals surface area contributed by atoms with E-state index in [4.69, 9.17) is 14.2 Å². The van der Waals surface area contributed by atoms with Gasteiger partial charge in [0.15, 0.2) is 0 Å². The van der Waals surface area contributed by atoms with E-state index in [9.17, 15) is 5.11 Å². The molecule has 0 amide bonds. The highest BCUT2D eigenvalue weighted by Crippen LogP contribution is 2.30. The van der Waals surface area contributed by atoms with Crippen LogP contribution in [0, 0.1) is 0 Å². The molecule has 50 heavy (non-hydrogen) atoms. The van der Waals surface area contributed by atoms with Crippen molar-refractivity contribution in [2.24, 2.45) is 0 Å². The second kappa shape index (κ2) is 17.9. The molecule has 0 spiro atoms. The molecule has 0 aliphatic carbocycles. The van der Waals surface area contributed by atoms with E-state index in [0.717, 1.165) is 34.4 Å². The van der Waals surface area contributed by atoms with Crippen molar-refractivity contribution in [2.75, 3.05) is 6.54 Å². The number of aliphatic hydroxyl groups excluding tert-OH is 1. The SMILES string of the molecule is C[C@H](Cc1ccc(OCc2ccccc2)cc1)N(Cc1ccccc1)C[C@@H](O)c1cc(OCc2ccccc2)cc(OCc2ccccc2)c1. The van der Waals surface area contributed by atoms with Crippen molar-refractivity contribution in [2.45, 2.75) is 51.9 Å². The first-order chi connectivity index (χ1) is 24.6. The molecular weight excluding hydrogens is 618 g/mol. The number of hydrogen-bond acceptors (Lipinski definition) is 5. The van der Waals surface area contributed by atoms with Crippen molar-refractivity contribution >= 4 is 0 Å². The predicted octanol–water partition coefficient (Wildman–Crippen LogP) is 9.59. The first-order valence-electron chi connectivity index (χ1n) is 17.3. The van der Waals surface area contributed by atoms with Crippen LogP contribution in [0.4, 0.5) is 0 Å². The van der Waals surface area contributed by atoms with Crippen LogP contribution in [0.3, 0.4) is 0 Å². The smallest absolute Gasteiger partial charge is 0.123 e. The molecule has 0 aromatic heterocycles. The van der Waals surface area contributed by atoms with Gasteiger partial charge in [0.2, 0.25) is 0 Å². The first kappa shape index (κ1) is 34.5. The zero-order valence-electron chi connectivity index (χ0n) is 28.6. The lowest BCUT2D eigenvalue weighted by Crippen LogP contribution is -2.37. The van der Waals surface area contributed by atoms with Gasteiger partial charge in [0.05, 0.1) is 6.10 Å². The van der Waals surface area contributed by atoms with E-state index in [-0.39, 0.29) is 6.04 Å². The summed E-state index contributed by atoms with van der Waals surface area (Å²) in [5.74, 6) is 2.16. The summed E-state index contributed by atoms with van der Waals surface area (Å²) >= 11 is 0. The standard InChI is InChI=1S/C45H45NO4/c1-35(26-36-22-24-42(25-23-36)48-32-38-16-8-3-9-17-38)46(30-37-14-6-2-7-15-37)31-45(47)41-27-43(49-33-39-18-10-4-11-19-39)29-44(28-41)50-34-40-20-12-5-13-21-40/h2-25,27-29,35,45,47H,26,30-34H2,1H3/t35-,45-/m1/s1. The van der Waals surface area contributed by atoms with Gasteiger partial charge in [-0.3, -0.25) is 4.90 Å². The molecule has 0 fully saturated rings. The number of aliphatic hydroxyl groups is 1. The minimum atomic E-state index is -0.769. The molecule has 0 aliphatic rings. The van der Waals surface area contributed by atoms with Gasteiger partial charge < -0.3 is 19.3 Å². The number of hydrogen-bond donors (Lipinski definition) is 1. The summed E-state index contributed by atoms with van der Waals surface area (Å²) in [6, 6.07) is 55.1. The fraction of sp³-hybridized carbons (Fsp3) is 0.200. The maximum atomic E-state index is 11.8. The summed E-state index contributed by atoms with van der Waals surface area (Å²) in [6.07, 6.45) is 0.0544. The molecule has 0 bridgehead atoms. The number of benzene rings is 6. The van der Waals surface area contributed by atoms with Crippen LogP contribution < -0.4 is 14.2 Å². The van der Waals surface area contributed by atoms with E-state index in [1.807, 2.05) is 115 Å². The van der Waals surface area contributed by atoms with Crippen LogP contribution >= 0.6 is 0 Å². The topological polar surface area (TPSA) is 51.2 Å². The molecule has 0 unspecified atom stereocenters. The van der Waals surface area contributed by atoms with Crippen LogP contribution in [0.15, 0.2) is 164 Å². The summed E-state index contributed by atoms with van der Waals surface area (Å²) in [5.41, 5.74) is 6.45. The molecule has 0 saturated carbocycles. The van der Waals surface area contributed by atoms with Crippen molar-refractivity contribution in [1.29, 1.82) is 0 Å². The highest BCUT2D eigenvalue weighted by atomic mass is 16.5. The molecule has 6 aromatic rings. The van der Waals surface area contributed by atoms with Gasteiger partial charge in [-0.1, -0.05) is 133 Å². The van der Waals surface area contributed by atoms with Gasteiger partial charge >= 0.3 is 0 Å². The van der Waals surface area contributed by atoms with Gasteiger partial charge in [0.1, 0.15) is 37.1 Å². The molecule has 0 radical (unpaired) electrons. The third kappa shape index (κ3) is 10.6. The van der Waals surface area contributed by atoms with Crippen LogP contribution in [-0.2, 0) is 32.8 Å². The second-order valence-electron chi connectivity index (χ2n) is 12.7. The molecule has 254 valence electrons. The van der Waals surface area contributed by atoms with Gasteiger partial charge in [-0.25, -0.2) is 0 Å². The lowest BCUT2D eigenvalue weighted by Gasteiger charge is -2.31. The Morgan fingerprint density at radius 3 is 1.36 bits per heavy atom. The van der Waals surface area contributed by atoms with Crippen molar-refractivity contribution < 1.29 is 19.3 Å². The van der Waals surface area contributed by atoms with Crippen LogP contribution in [0.5, 0.6) is 17.2 Å². The van der Waals surface area contributed by atoms with Crippen molar-refractivity contribution in [3.05, 3.63) is 197 Å². The largest absolute Gasteiger partial charge is 0.489 e. The first-order valence-corrected chi connectivity index (χ1v) is 17.3. The predicted molar refractivity (Wildman–Crippen MR) is 200 cm³/mol. The van der Waals surface area contributed by atoms with Crippen LogP contribution in [-0.4, -0.2) is 22.6 Å². The molecule has 6 rings (SSSR count). The molecule has 6 aromatic carbocycles. The third-order valence-corrected chi connectivity index (χ3v) is 8.75. The van der Waals surface area contributed by atoms with Gasteiger partial charge in [0, 0.05) is 25.2 Å². The molecule has 0 aliphatic heterocycles. The Morgan fingerprint density at radius 1 is 0.480 bits per heavy atom. The summed E-state index contributed by atoms with van der Waals surface area (Å²) < 4.78 is 18.5. The highest BCUT2D eigenvalue weighted by molar-refractivity contribution is 5.40. The Morgan fingerprint density at radius 2 is 0.900 bits per heavy atom. The van der Waals surface area contributed by atoms with E-state index < -0.39 is 6.10 Å². The minimum Gasteiger partial charge on any atom is -0.489 e. The van der Waals surface area contributed by atoms with E-state index in [2.05, 4.69) is 60.4 Å². The summed E-state index contributed by atoms with van der Waals surface area (Å²) in [5, 5.41) is 11.8. The average molecular weight is 664 g/mol. The van der Waals surface area contributed by atoms with Gasteiger partial charge in [0.25, 0.3) is 0 Å². The summed E-state index contributed by atoms with van der Waals surface area (Å²) in [7, 11) is 0. The molecule has 0 heterocycles. The molecular formula is C45H45NO4. The molecule has 2 atom stereocenters. The molecule has 5 nitrogen and oxygen atoms in total. The second-order valence-corrected chi connectivity index (χ2v) is 12.7. The van der Waals surface area contributed by atoms with E-state index in [1.54, 1.807) is 0 Å². The Labute approximate surface area is 296 Å². The number of rotatable bonds is 17. The normalized spacial score (nSPS) is 12.3. The lowest BCUT2D eigenvalue weighted by atomic mass is 10.0. The van der Waals surface area contributed by atoms with Crippen LogP contribution in [0.25, 0.3) is 0 Å². The Kier molecular flexibility index (Phi) is 12.3. The fourth-order valence-corrected chi connectivity index (χ4v) is 5.91. The van der Waals surface area contributed by atoms with Crippen LogP contribution in [0.1, 0.15) is 46.4 Å². The number of nitrogens with zero attached hydrogens (tertiary/aromatic N) is 1. The van der Waals surface area contributed by atoms with Crippen molar-refractivity contribution in [1.82, 2.24) is 4.90 Å². The third-order valence-electron chi connectivity index (χ3n) is 8.75. The summed E-state index contributed by atoms with van der Waals surface area (Å²) in [6.45, 7) is 4.76. The fourth-order valence-electron chi connectivity index (χ4n) is 5.91. The molecule has 1 N–H and O–H groups in total. The van der Waals surface area contributed by atoms with Gasteiger partial charge in [-0.05, 0) is 71.0 Å². The van der Waals surface area contributed by atoms with Crippen LogP contribution in [0.2, 0.25) is 0 Å². The molecule has 0 saturated heterocycles. The average Bonchev–Trinajstić information content (AvgIpc) is 3.17. The van der Waals surface area contributed by atoms with E-state index in [1.165, 1.54) is 11.1 Å². The summed E-state index contributed by atoms with van der Waals surface area (Å²) in [4.78, 5) is 2.35. The quantitative estimate of drug-likeness (QED) is 0.105. The highest BCUT2D eigenvalue weighted by Gasteiger charge is 2.21. The lowest BCUT2D eigenvalue weighted by molar-refractivity contribution is 0.0854. The Bertz CT molecular complexity index is 1790. The van der Waals surface area contributed by atoms with Gasteiger partial charge in [-0.2, -0.15) is 0 Å². The van der Waals surface area contributed by atoms with E-state index in [0.29, 0.717) is 44.4 Å². The Balaban J connectivity index is 1.17. The maximum Gasteiger partial charge on any atom is 0.123 e. The number of ether oxygens (including phenoxy) is 3. The maximum absolute atomic E-state index is 11.8. The minimum absolute atomic E-state index is 0.146. The zero-order valence-corrected chi connectivity index (χ0v) is 28.6. The van der Waals surface area contributed by atoms with E-state index >= 15 is 0 Å². The Hall–Kier alpha value is -5.36. The van der Waals surface area contributed by atoms with Crippen molar-refractivity contribution in [3.63, 3.8) is 0 Å². The molecule has 5 heteroatoms. The van der Waals surface area contributed by atoms with Gasteiger partial charge in [-0.15, -0.1) is 0 Å².